The SMILES string of the molecule is Cn1cnnc1Sc1ccc(C(=O)Nc2ccc(F)cc2)cc1[N+](=O)[O-]. The number of nitro benzene ring substituents is 1. The van der Waals surface area contributed by atoms with Crippen molar-refractivity contribution < 1.29 is 14.1 Å². The Morgan fingerprint density at radius 3 is 2.62 bits per heavy atom. The van der Waals surface area contributed by atoms with Gasteiger partial charge in [0.1, 0.15) is 12.1 Å². The summed E-state index contributed by atoms with van der Waals surface area (Å²) in [5.41, 5.74) is 0.282. The molecule has 0 saturated carbocycles. The van der Waals surface area contributed by atoms with Crippen LogP contribution in [0.3, 0.4) is 0 Å². The van der Waals surface area contributed by atoms with Crippen molar-refractivity contribution in [3.63, 3.8) is 0 Å². The number of hydrogen-bond acceptors (Lipinski definition) is 6. The number of aromatic nitrogens is 3. The summed E-state index contributed by atoms with van der Waals surface area (Å²) < 4.78 is 14.5. The third kappa shape index (κ3) is 3.86. The molecule has 1 amide bonds. The Kier molecular flexibility index (Phi) is 4.94. The Morgan fingerprint density at radius 1 is 1.27 bits per heavy atom. The average molecular weight is 373 g/mol. The number of anilines is 1. The first-order valence-electron chi connectivity index (χ1n) is 7.31. The van der Waals surface area contributed by atoms with Crippen LogP contribution in [0.4, 0.5) is 15.8 Å². The first-order chi connectivity index (χ1) is 12.4. The molecule has 8 nitrogen and oxygen atoms in total. The molecule has 1 aromatic heterocycles. The van der Waals surface area contributed by atoms with Crippen LogP contribution in [0, 0.1) is 15.9 Å². The van der Waals surface area contributed by atoms with E-state index in [1.54, 1.807) is 11.6 Å². The fourth-order valence-electron chi connectivity index (χ4n) is 2.09. The summed E-state index contributed by atoms with van der Waals surface area (Å²) >= 11 is 1.08. The second-order valence-electron chi connectivity index (χ2n) is 5.23. The topological polar surface area (TPSA) is 103 Å². The molecule has 3 rings (SSSR count). The van der Waals surface area contributed by atoms with Crippen LogP contribution < -0.4 is 5.32 Å². The van der Waals surface area contributed by atoms with E-state index in [1.807, 2.05) is 0 Å². The van der Waals surface area contributed by atoms with Crippen molar-refractivity contribution in [3.05, 3.63) is 70.3 Å². The molecule has 0 unspecified atom stereocenters. The Bertz CT molecular complexity index is 974. The molecule has 2 aromatic carbocycles. The van der Waals surface area contributed by atoms with Crippen LogP contribution in [-0.2, 0) is 7.05 Å². The van der Waals surface area contributed by atoms with Gasteiger partial charge in [0.05, 0.1) is 9.82 Å². The third-order valence-corrected chi connectivity index (χ3v) is 4.51. The largest absolute Gasteiger partial charge is 0.322 e. The molecule has 0 aliphatic rings. The molecule has 26 heavy (non-hydrogen) atoms. The van der Waals surface area contributed by atoms with Crippen LogP contribution >= 0.6 is 11.8 Å². The van der Waals surface area contributed by atoms with Crippen molar-refractivity contribution in [2.24, 2.45) is 7.05 Å². The Hall–Kier alpha value is -3.27. The summed E-state index contributed by atoms with van der Waals surface area (Å²) in [6.45, 7) is 0. The van der Waals surface area contributed by atoms with Gasteiger partial charge >= 0.3 is 0 Å². The second-order valence-corrected chi connectivity index (χ2v) is 6.24. The van der Waals surface area contributed by atoms with E-state index in [0.717, 1.165) is 11.8 Å². The van der Waals surface area contributed by atoms with Gasteiger partial charge in [0.15, 0.2) is 5.16 Å². The summed E-state index contributed by atoms with van der Waals surface area (Å²) in [7, 11) is 1.72. The number of amides is 1. The van der Waals surface area contributed by atoms with E-state index in [0.29, 0.717) is 15.7 Å². The maximum absolute atomic E-state index is 12.9. The lowest BCUT2D eigenvalue weighted by Gasteiger charge is -2.07. The number of benzene rings is 2. The van der Waals surface area contributed by atoms with Crippen LogP contribution in [0.5, 0.6) is 0 Å². The zero-order valence-electron chi connectivity index (χ0n) is 13.4. The summed E-state index contributed by atoms with van der Waals surface area (Å²) in [4.78, 5) is 23.5. The minimum absolute atomic E-state index is 0.114. The predicted molar refractivity (Wildman–Crippen MR) is 92.6 cm³/mol. The van der Waals surface area contributed by atoms with Crippen molar-refractivity contribution in [2.45, 2.75) is 10.1 Å². The predicted octanol–water partition coefficient (Wildman–Crippen LogP) is 3.27. The van der Waals surface area contributed by atoms with Crippen LogP contribution in [0.2, 0.25) is 0 Å². The first-order valence-corrected chi connectivity index (χ1v) is 8.13. The van der Waals surface area contributed by atoms with Gasteiger partial charge in [-0.15, -0.1) is 10.2 Å². The summed E-state index contributed by atoms with van der Waals surface area (Å²) in [5, 5.41) is 22.0. The number of rotatable bonds is 5. The molecular weight excluding hydrogens is 361 g/mol. The van der Waals surface area contributed by atoms with Crippen LogP contribution in [-0.4, -0.2) is 25.6 Å². The minimum Gasteiger partial charge on any atom is -0.322 e. The Balaban J connectivity index is 1.85. The van der Waals surface area contributed by atoms with Gasteiger partial charge in [-0.25, -0.2) is 4.39 Å². The fourth-order valence-corrected chi connectivity index (χ4v) is 2.94. The minimum atomic E-state index is -0.562. The normalized spacial score (nSPS) is 10.5. The van der Waals surface area contributed by atoms with Crippen molar-refractivity contribution >= 4 is 29.0 Å². The van der Waals surface area contributed by atoms with E-state index in [4.69, 9.17) is 0 Å². The lowest BCUT2D eigenvalue weighted by Crippen LogP contribution is -2.12. The molecule has 132 valence electrons. The van der Waals surface area contributed by atoms with Gasteiger partial charge in [-0.05, 0) is 48.2 Å². The molecule has 0 fully saturated rings. The van der Waals surface area contributed by atoms with Gasteiger partial charge in [0.2, 0.25) is 0 Å². The highest BCUT2D eigenvalue weighted by Crippen LogP contribution is 2.34. The van der Waals surface area contributed by atoms with E-state index in [9.17, 15) is 19.3 Å². The molecule has 0 aliphatic carbocycles. The molecule has 0 saturated heterocycles. The molecule has 0 radical (unpaired) electrons. The van der Waals surface area contributed by atoms with Gasteiger partial charge in [0, 0.05) is 24.4 Å². The van der Waals surface area contributed by atoms with Crippen LogP contribution in [0.1, 0.15) is 10.4 Å². The molecule has 0 aliphatic heterocycles. The summed E-state index contributed by atoms with van der Waals surface area (Å²) in [5.74, 6) is -0.960. The molecular formula is C16H12FN5O3S. The van der Waals surface area contributed by atoms with Crippen LogP contribution in [0.15, 0.2) is 58.8 Å². The third-order valence-electron chi connectivity index (χ3n) is 3.39. The van der Waals surface area contributed by atoms with Crippen molar-refractivity contribution in [1.82, 2.24) is 14.8 Å². The van der Waals surface area contributed by atoms with E-state index >= 15 is 0 Å². The maximum Gasteiger partial charge on any atom is 0.284 e. The summed E-state index contributed by atoms with van der Waals surface area (Å²) in [6, 6.07) is 9.37. The highest BCUT2D eigenvalue weighted by molar-refractivity contribution is 7.99. The number of carbonyl (C=O) groups is 1. The van der Waals surface area contributed by atoms with E-state index in [2.05, 4.69) is 15.5 Å². The zero-order chi connectivity index (χ0) is 18.7. The standard InChI is InChI=1S/C16H12FN5O3S/c1-21-9-18-20-16(21)26-14-7-2-10(8-13(14)22(24)25)15(23)19-12-5-3-11(17)4-6-12/h2-9H,1H3,(H,19,23). The number of carbonyl (C=O) groups excluding carboxylic acids is 1. The molecule has 0 atom stereocenters. The van der Waals surface area contributed by atoms with E-state index in [1.165, 1.54) is 48.8 Å². The van der Waals surface area contributed by atoms with Gasteiger partial charge in [0.25, 0.3) is 11.6 Å². The van der Waals surface area contributed by atoms with Crippen molar-refractivity contribution in [2.75, 3.05) is 5.32 Å². The monoisotopic (exact) mass is 373 g/mol. The Morgan fingerprint density at radius 2 is 2.00 bits per heavy atom. The number of nitrogens with one attached hydrogen (secondary N) is 1. The second kappa shape index (κ2) is 7.31. The van der Waals surface area contributed by atoms with E-state index in [-0.39, 0.29) is 11.3 Å². The molecule has 1 heterocycles. The average Bonchev–Trinajstić information content (AvgIpc) is 3.02. The van der Waals surface area contributed by atoms with Gasteiger partial charge in [-0.1, -0.05) is 0 Å². The summed E-state index contributed by atoms with van der Waals surface area (Å²) in [6.07, 6.45) is 1.48. The fraction of sp³-hybridized carbons (Fsp3) is 0.0625. The Labute approximate surface area is 151 Å². The van der Waals surface area contributed by atoms with Gasteiger partial charge in [-0.3, -0.25) is 14.9 Å². The lowest BCUT2D eigenvalue weighted by molar-refractivity contribution is -0.387. The molecule has 0 bridgehead atoms. The zero-order valence-corrected chi connectivity index (χ0v) is 14.2. The highest BCUT2D eigenvalue weighted by atomic mass is 32.2. The number of hydrogen-bond donors (Lipinski definition) is 1. The molecule has 10 heteroatoms. The quantitative estimate of drug-likeness (QED) is 0.544. The lowest BCUT2D eigenvalue weighted by atomic mass is 10.2. The number of aryl methyl sites for hydroxylation is 1. The number of halogens is 1. The van der Waals surface area contributed by atoms with Crippen LogP contribution in [0.25, 0.3) is 0 Å². The highest BCUT2D eigenvalue weighted by Gasteiger charge is 2.20. The maximum atomic E-state index is 12.9. The van der Waals surface area contributed by atoms with Gasteiger partial charge in [-0.2, -0.15) is 0 Å². The van der Waals surface area contributed by atoms with Crippen molar-refractivity contribution in [1.29, 1.82) is 0 Å². The molecule has 3 aromatic rings. The van der Waals surface area contributed by atoms with E-state index < -0.39 is 16.6 Å². The first kappa shape index (κ1) is 17.5. The number of nitrogens with zero attached hydrogens (tertiary/aromatic N) is 4. The smallest absolute Gasteiger partial charge is 0.284 e. The number of nitro groups is 1. The van der Waals surface area contributed by atoms with Gasteiger partial charge < -0.3 is 9.88 Å². The molecule has 0 spiro atoms. The molecule has 1 N–H and O–H groups in total. The van der Waals surface area contributed by atoms with Crippen molar-refractivity contribution in [3.8, 4) is 0 Å².